The second-order valence-corrected chi connectivity index (χ2v) is 4.76. The van der Waals surface area contributed by atoms with Crippen LogP contribution >= 0.6 is 0 Å². The highest BCUT2D eigenvalue weighted by molar-refractivity contribution is 6.02. The van der Waals surface area contributed by atoms with Crippen molar-refractivity contribution in [1.29, 1.82) is 0 Å². The number of carboxylic acid groups (broad SMARTS) is 1. The van der Waals surface area contributed by atoms with Crippen molar-refractivity contribution in [3.05, 3.63) is 41.1 Å². The predicted octanol–water partition coefficient (Wildman–Crippen LogP) is 0.292. The first-order valence-corrected chi connectivity index (χ1v) is 7.20. The molecule has 9 heteroatoms. The van der Waals surface area contributed by atoms with Crippen molar-refractivity contribution in [2.24, 2.45) is 5.73 Å². The number of nitrogens with two attached hydrogens (primary N) is 1. The zero-order valence-electron chi connectivity index (χ0n) is 13.3. The Kier molecular flexibility index (Phi) is 6.99. The van der Waals surface area contributed by atoms with Crippen LogP contribution in [0.1, 0.15) is 36.5 Å². The van der Waals surface area contributed by atoms with Crippen LogP contribution in [0, 0.1) is 5.82 Å². The lowest BCUT2D eigenvalue weighted by atomic mass is 10.2. The van der Waals surface area contributed by atoms with E-state index in [0.29, 0.717) is 0 Å². The number of carbonyl (C=O) groups excluding carboxylic acids is 2. The van der Waals surface area contributed by atoms with E-state index in [0.717, 1.165) is 12.1 Å². The second-order valence-electron chi connectivity index (χ2n) is 4.76. The van der Waals surface area contributed by atoms with Crippen LogP contribution < -0.4 is 16.4 Å². The van der Waals surface area contributed by atoms with Gasteiger partial charge >= 0.3 is 5.97 Å². The van der Waals surface area contributed by atoms with Gasteiger partial charge in [-0.25, -0.2) is 14.2 Å². The molecule has 0 radical (unpaired) electrons. The molecular formula is C15H19FN4O4. The van der Waals surface area contributed by atoms with Crippen molar-refractivity contribution < 1.29 is 23.9 Å². The number of halogens is 1. The standard InChI is InChI=1S/C15H19FN4O4/c1-3-9(13(21)20-10(4-2)15(23)24)19-14(22)11-6-5-8(16)12(7-17)18-11/h3,5-6,10H,4,7,17H2,1-2H3,(H,19,22)(H,20,21)(H,23,24)/b9-3-/t10-/m0/s1. The number of carboxylic acids is 1. The minimum absolute atomic E-state index is 0.0777. The molecule has 0 aliphatic heterocycles. The van der Waals surface area contributed by atoms with Crippen LogP contribution in [-0.2, 0) is 16.1 Å². The highest BCUT2D eigenvalue weighted by Crippen LogP contribution is 2.06. The van der Waals surface area contributed by atoms with Crippen LogP contribution in [0.4, 0.5) is 4.39 Å². The number of nitrogens with zero attached hydrogens (tertiary/aromatic N) is 1. The van der Waals surface area contributed by atoms with Crippen LogP contribution in [0.15, 0.2) is 23.9 Å². The molecule has 1 aromatic heterocycles. The molecule has 0 spiro atoms. The molecule has 130 valence electrons. The van der Waals surface area contributed by atoms with Gasteiger partial charge in [0, 0.05) is 6.54 Å². The lowest BCUT2D eigenvalue weighted by Crippen LogP contribution is -2.44. The van der Waals surface area contributed by atoms with Gasteiger partial charge in [-0.15, -0.1) is 0 Å². The third kappa shape index (κ3) is 4.85. The van der Waals surface area contributed by atoms with E-state index in [4.69, 9.17) is 10.8 Å². The molecule has 2 amide bonds. The van der Waals surface area contributed by atoms with Gasteiger partial charge in [-0.05, 0) is 25.5 Å². The van der Waals surface area contributed by atoms with E-state index in [-0.39, 0.29) is 30.1 Å². The Morgan fingerprint density at radius 1 is 1.42 bits per heavy atom. The molecule has 1 heterocycles. The smallest absolute Gasteiger partial charge is 0.326 e. The van der Waals surface area contributed by atoms with Crippen LogP contribution in [0.5, 0.6) is 0 Å². The van der Waals surface area contributed by atoms with Gasteiger partial charge in [-0.1, -0.05) is 13.0 Å². The maximum Gasteiger partial charge on any atom is 0.326 e. The molecule has 0 fully saturated rings. The van der Waals surface area contributed by atoms with Gasteiger partial charge in [0.15, 0.2) is 0 Å². The summed E-state index contributed by atoms with van der Waals surface area (Å²) in [5.74, 6) is -3.30. The molecule has 1 atom stereocenters. The van der Waals surface area contributed by atoms with E-state index >= 15 is 0 Å². The fourth-order valence-electron chi connectivity index (χ4n) is 1.77. The number of allylic oxidation sites excluding steroid dienone is 1. The number of hydrogen-bond acceptors (Lipinski definition) is 5. The van der Waals surface area contributed by atoms with E-state index in [2.05, 4.69) is 15.6 Å². The fraction of sp³-hybridized carbons (Fsp3) is 0.333. The van der Waals surface area contributed by atoms with Crippen molar-refractivity contribution in [3.8, 4) is 0 Å². The number of hydrogen-bond donors (Lipinski definition) is 4. The fourth-order valence-corrected chi connectivity index (χ4v) is 1.77. The topological polar surface area (TPSA) is 134 Å². The predicted molar refractivity (Wildman–Crippen MR) is 83.2 cm³/mol. The average Bonchev–Trinajstić information content (AvgIpc) is 2.56. The van der Waals surface area contributed by atoms with Crippen molar-refractivity contribution in [2.75, 3.05) is 0 Å². The zero-order chi connectivity index (χ0) is 18.3. The summed E-state index contributed by atoms with van der Waals surface area (Å²) in [5.41, 5.74) is 5.00. The summed E-state index contributed by atoms with van der Waals surface area (Å²) in [4.78, 5) is 38.9. The average molecular weight is 338 g/mol. The number of carbonyl (C=O) groups is 3. The minimum atomic E-state index is -1.18. The lowest BCUT2D eigenvalue weighted by Gasteiger charge is -2.14. The Bertz CT molecular complexity index is 675. The first-order valence-electron chi connectivity index (χ1n) is 7.20. The van der Waals surface area contributed by atoms with Crippen molar-refractivity contribution >= 4 is 17.8 Å². The Morgan fingerprint density at radius 3 is 2.58 bits per heavy atom. The Labute approximate surface area is 137 Å². The number of pyridine rings is 1. The molecule has 0 saturated carbocycles. The molecule has 5 N–H and O–H groups in total. The van der Waals surface area contributed by atoms with Crippen molar-refractivity contribution in [3.63, 3.8) is 0 Å². The number of rotatable bonds is 7. The molecule has 8 nitrogen and oxygen atoms in total. The zero-order valence-corrected chi connectivity index (χ0v) is 13.3. The van der Waals surface area contributed by atoms with Gasteiger partial charge in [0.05, 0.1) is 5.69 Å². The molecule has 1 rings (SSSR count). The molecule has 0 saturated heterocycles. The lowest BCUT2D eigenvalue weighted by molar-refractivity contribution is -0.141. The van der Waals surface area contributed by atoms with Crippen molar-refractivity contribution in [1.82, 2.24) is 15.6 Å². The van der Waals surface area contributed by atoms with Gasteiger partial charge in [-0.2, -0.15) is 0 Å². The molecule has 0 aliphatic rings. The third-order valence-corrected chi connectivity index (χ3v) is 3.14. The summed E-state index contributed by atoms with van der Waals surface area (Å²) >= 11 is 0. The van der Waals surface area contributed by atoms with Crippen molar-refractivity contribution in [2.45, 2.75) is 32.9 Å². The monoisotopic (exact) mass is 338 g/mol. The molecular weight excluding hydrogens is 319 g/mol. The van der Waals surface area contributed by atoms with E-state index < -0.39 is 29.6 Å². The highest BCUT2D eigenvalue weighted by Gasteiger charge is 2.21. The third-order valence-electron chi connectivity index (χ3n) is 3.14. The number of aromatic nitrogens is 1. The summed E-state index contributed by atoms with van der Waals surface area (Å²) in [6, 6.07) is 1.13. The molecule has 1 aromatic rings. The van der Waals surface area contributed by atoms with E-state index in [1.54, 1.807) is 6.92 Å². The van der Waals surface area contributed by atoms with Gasteiger partial charge in [0.25, 0.3) is 11.8 Å². The maximum atomic E-state index is 13.3. The van der Waals surface area contributed by atoms with Crippen LogP contribution in [0.2, 0.25) is 0 Å². The number of nitrogens with one attached hydrogen (secondary N) is 2. The summed E-state index contributed by atoms with van der Waals surface area (Å²) in [6.45, 7) is 2.92. The van der Waals surface area contributed by atoms with Gasteiger partial charge in [-0.3, -0.25) is 9.59 Å². The largest absolute Gasteiger partial charge is 0.480 e. The molecule has 0 aliphatic carbocycles. The van der Waals surface area contributed by atoms with Gasteiger partial charge in [0.2, 0.25) is 0 Å². The van der Waals surface area contributed by atoms with Crippen LogP contribution in [0.3, 0.4) is 0 Å². The minimum Gasteiger partial charge on any atom is -0.480 e. The van der Waals surface area contributed by atoms with Gasteiger partial charge in [0.1, 0.15) is 23.3 Å². The number of aliphatic carboxylic acids is 1. The first-order chi connectivity index (χ1) is 11.3. The summed E-state index contributed by atoms with van der Waals surface area (Å²) in [5, 5.41) is 13.5. The van der Waals surface area contributed by atoms with Gasteiger partial charge < -0.3 is 21.5 Å². The molecule has 0 aromatic carbocycles. The SMILES string of the molecule is C/C=C(\NC(=O)c1ccc(F)c(CN)n1)C(=O)N[C@@H](CC)C(=O)O. The number of amides is 2. The highest BCUT2D eigenvalue weighted by atomic mass is 19.1. The van der Waals surface area contributed by atoms with Crippen LogP contribution in [-0.4, -0.2) is 33.9 Å². The second kappa shape index (κ2) is 8.73. The van der Waals surface area contributed by atoms with Crippen LogP contribution in [0.25, 0.3) is 0 Å². The molecule has 24 heavy (non-hydrogen) atoms. The summed E-state index contributed by atoms with van der Waals surface area (Å²) in [7, 11) is 0. The molecule has 0 unspecified atom stereocenters. The maximum absolute atomic E-state index is 13.3. The normalized spacial score (nSPS) is 12.4. The van der Waals surface area contributed by atoms with E-state index in [9.17, 15) is 18.8 Å². The first kappa shape index (κ1) is 19.2. The summed E-state index contributed by atoms with van der Waals surface area (Å²) < 4.78 is 13.3. The Morgan fingerprint density at radius 2 is 2.08 bits per heavy atom. The Hall–Kier alpha value is -2.81. The van der Waals surface area contributed by atoms with E-state index in [1.165, 1.54) is 13.0 Å². The Balaban J connectivity index is 2.86. The quantitative estimate of drug-likeness (QED) is 0.528. The van der Waals surface area contributed by atoms with E-state index in [1.807, 2.05) is 0 Å². The molecule has 0 bridgehead atoms. The summed E-state index contributed by atoms with van der Waals surface area (Å²) in [6.07, 6.45) is 1.50.